The average Bonchev–Trinajstić information content (AvgIpc) is 2.90. The van der Waals surface area contributed by atoms with Gasteiger partial charge in [-0.05, 0) is 11.6 Å². The second-order valence-electron chi connectivity index (χ2n) is 3.61. The van der Waals surface area contributed by atoms with E-state index in [2.05, 4.69) is 15.5 Å². The monoisotopic (exact) mass is 231 g/mol. The summed E-state index contributed by atoms with van der Waals surface area (Å²) in [4.78, 5) is 11.5. The first-order valence-corrected chi connectivity index (χ1v) is 5.28. The zero-order valence-corrected chi connectivity index (χ0v) is 9.13. The molecule has 5 heteroatoms. The lowest BCUT2D eigenvalue weighted by Crippen LogP contribution is -2.28. The van der Waals surface area contributed by atoms with E-state index in [4.69, 9.17) is 0 Å². The molecule has 2 rings (SSSR count). The summed E-state index contributed by atoms with van der Waals surface area (Å²) < 4.78 is 0. The third kappa shape index (κ3) is 2.92. The molecule has 1 atom stereocenters. The predicted octanol–water partition coefficient (Wildman–Crippen LogP) is 0.873. The molecule has 0 spiro atoms. The largest absolute Gasteiger partial charge is 0.387 e. The van der Waals surface area contributed by atoms with Crippen LogP contribution in [0.2, 0.25) is 0 Å². The smallest absolute Gasteiger partial charge is 0.269 e. The molecule has 0 saturated carbocycles. The van der Waals surface area contributed by atoms with E-state index in [1.807, 2.05) is 30.3 Å². The van der Waals surface area contributed by atoms with Crippen LogP contribution in [0.3, 0.4) is 0 Å². The lowest BCUT2D eigenvalue weighted by Gasteiger charge is -2.11. The molecule has 0 aliphatic rings. The first kappa shape index (κ1) is 11.3. The highest BCUT2D eigenvalue weighted by Gasteiger charge is 2.10. The lowest BCUT2D eigenvalue weighted by atomic mass is 10.1. The Labute approximate surface area is 98.5 Å². The van der Waals surface area contributed by atoms with Crippen molar-refractivity contribution in [3.8, 4) is 0 Å². The summed E-state index contributed by atoms with van der Waals surface area (Å²) in [6.45, 7) is 0.169. The molecule has 3 N–H and O–H groups in total. The number of carbonyl (C=O) groups excluding carboxylic acids is 1. The van der Waals surface area contributed by atoms with E-state index in [1.54, 1.807) is 6.07 Å². The van der Waals surface area contributed by atoms with Gasteiger partial charge >= 0.3 is 0 Å². The summed E-state index contributed by atoms with van der Waals surface area (Å²) in [6.07, 6.45) is 0.797. The van der Waals surface area contributed by atoms with Crippen LogP contribution in [-0.4, -0.2) is 27.8 Å². The molecule has 0 fully saturated rings. The zero-order chi connectivity index (χ0) is 12.1. The van der Waals surface area contributed by atoms with Gasteiger partial charge in [0, 0.05) is 12.7 Å². The van der Waals surface area contributed by atoms with Crippen LogP contribution in [0, 0.1) is 0 Å². The number of aliphatic hydroxyl groups excluding tert-OH is 1. The normalized spacial score (nSPS) is 12.1. The molecule has 0 saturated heterocycles. The Morgan fingerprint density at radius 2 is 2.12 bits per heavy atom. The van der Waals surface area contributed by atoms with E-state index in [9.17, 15) is 9.90 Å². The Hall–Kier alpha value is -2.14. The number of aromatic nitrogens is 2. The van der Waals surface area contributed by atoms with Gasteiger partial charge < -0.3 is 10.4 Å². The van der Waals surface area contributed by atoms with E-state index in [1.165, 1.54) is 6.20 Å². The van der Waals surface area contributed by atoms with E-state index >= 15 is 0 Å². The Kier molecular flexibility index (Phi) is 3.52. The van der Waals surface area contributed by atoms with Gasteiger partial charge in [0.1, 0.15) is 5.69 Å². The van der Waals surface area contributed by atoms with Gasteiger partial charge in [-0.25, -0.2) is 0 Å². The summed E-state index contributed by atoms with van der Waals surface area (Å²) in [5, 5.41) is 18.7. The number of H-pyrrole nitrogens is 1. The van der Waals surface area contributed by atoms with Crippen LogP contribution in [0.15, 0.2) is 42.6 Å². The van der Waals surface area contributed by atoms with Crippen LogP contribution in [-0.2, 0) is 0 Å². The van der Waals surface area contributed by atoms with Crippen molar-refractivity contribution in [2.24, 2.45) is 0 Å². The number of rotatable bonds is 4. The predicted molar refractivity (Wildman–Crippen MR) is 62.3 cm³/mol. The molecule has 88 valence electrons. The highest BCUT2D eigenvalue weighted by atomic mass is 16.3. The second kappa shape index (κ2) is 5.27. The van der Waals surface area contributed by atoms with E-state index in [0.717, 1.165) is 5.56 Å². The molecule has 0 aliphatic carbocycles. The van der Waals surface area contributed by atoms with Gasteiger partial charge in [0.15, 0.2) is 0 Å². The van der Waals surface area contributed by atoms with Crippen LogP contribution in [0.4, 0.5) is 0 Å². The molecule has 1 aromatic heterocycles. The molecule has 17 heavy (non-hydrogen) atoms. The van der Waals surface area contributed by atoms with Gasteiger partial charge in [-0.15, -0.1) is 0 Å². The Morgan fingerprint density at radius 3 is 2.76 bits per heavy atom. The van der Waals surface area contributed by atoms with E-state index in [-0.39, 0.29) is 12.5 Å². The van der Waals surface area contributed by atoms with Gasteiger partial charge in [-0.3, -0.25) is 9.89 Å². The van der Waals surface area contributed by atoms with Crippen LogP contribution >= 0.6 is 0 Å². The number of aliphatic hydroxyl groups is 1. The van der Waals surface area contributed by atoms with Crippen LogP contribution in [0.25, 0.3) is 0 Å². The number of hydrogen-bond acceptors (Lipinski definition) is 3. The van der Waals surface area contributed by atoms with Gasteiger partial charge in [-0.2, -0.15) is 5.10 Å². The summed E-state index contributed by atoms with van der Waals surface area (Å²) in [6, 6.07) is 10.8. The minimum Gasteiger partial charge on any atom is -0.387 e. The average molecular weight is 231 g/mol. The summed E-state index contributed by atoms with van der Waals surface area (Å²) in [5.41, 5.74) is 1.16. The molecule has 0 radical (unpaired) electrons. The minimum absolute atomic E-state index is 0.169. The Morgan fingerprint density at radius 1 is 1.35 bits per heavy atom. The number of benzene rings is 1. The summed E-state index contributed by atoms with van der Waals surface area (Å²) in [7, 11) is 0. The van der Waals surface area contributed by atoms with Gasteiger partial charge in [0.05, 0.1) is 6.10 Å². The molecule has 0 bridgehead atoms. The summed E-state index contributed by atoms with van der Waals surface area (Å²) >= 11 is 0. The molecule has 5 nitrogen and oxygen atoms in total. The number of nitrogens with one attached hydrogen (secondary N) is 2. The molecule has 1 heterocycles. The van der Waals surface area contributed by atoms with Crippen molar-refractivity contribution in [2.45, 2.75) is 6.10 Å². The fourth-order valence-electron chi connectivity index (χ4n) is 1.46. The van der Waals surface area contributed by atoms with Crippen molar-refractivity contribution in [3.05, 3.63) is 53.9 Å². The van der Waals surface area contributed by atoms with Gasteiger partial charge in [0.25, 0.3) is 5.91 Å². The van der Waals surface area contributed by atoms with Crippen molar-refractivity contribution in [1.29, 1.82) is 0 Å². The first-order chi connectivity index (χ1) is 8.27. The SMILES string of the molecule is O=C(NCC(O)c1ccccc1)c1ccn[nH]1. The third-order valence-corrected chi connectivity index (χ3v) is 2.39. The number of nitrogens with zero attached hydrogens (tertiary/aromatic N) is 1. The topological polar surface area (TPSA) is 78.0 Å². The maximum atomic E-state index is 11.5. The standard InChI is InChI=1S/C12H13N3O2/c16-11(9-4-2-1-3-5-9)8-13-12(17)10-6-7-14-15-10/h1-7,11,16H,8H2,(H,13,17)(H,14,15). The zero-order valence-electron chi connectivity index (χ0n) is 9.13. The fourth-order valence-corrected chi connectivity index (χ4v) is 1.46. The molecule has 1 unspecified atom stereocenters. The highest BCUT2D eigenvalue weighted by molar-refractivity contribution is 5.92. The second-order valence-corrected chi connectivity index (χ2v) is 3.61. The molecule has 1 amide bonds. The first-order valence-electron chi connectivity index (χ1n) is 5.28. The van der Waals surface area contributed by atoms with E-state index in [0.29, 0.717) is 5.69 Å². The van der Waals surface area contributed by atoms with Crippen molar-refractivity contribution in [2.75, 3.05) is 6.54 Å². The maximum absolute atomic E-state index is 11.5. The molecule has 1 aromatic carbocycles. The number of aromatic amines is 1. The number of amides is 1. The fraction of sp³-hybridized carbons (Fsp3) is 0.167. The van der Waals surface area contributed by atoms with Crippen molar-refractivity contribution in [1.82, 2.24) is 15.5 Å². The molecule has 0 aliphatic heterocycles. The maximum Gasteiger partial charge on any atom is 0.269 e. The summed E-state index contributed by atoms with van der Waals surface area (Å²) in [5.74, 6) is -0.280. The van der Waals surface area contributed by atoms with Crippen LogP contribution in [0.5, 0.6) is 0 Å². The molecular weight excluding hydrogens is 218 g/mol. The quantitative estimate of drug-likeness (QED) is 0.730. The van der Waals surface area contributed by atoms with Crippen LogP contribution < -0.4 is 5.32 Å². The van der Waals surface area contributed by atoms with Gasteiger partial charge in [-0.1, -0.05) is 30.3 Å². The highest BCUT2D eigenvalue weighted by Crippen LogP contribution is 2.10. The van der Waals surface area contributed by atoms with Crippen molar-refractivity contribution >= 4 is 5.91 Å². The minimum atomic E-state index is -0.705. The van der Waals surface area contributed by atoms with Crippen molar-refractivity contribution in [3.63, 3.8) is 0 Å². The van der Waals surface area contributed by atoms with Crippen molar-refractivity contribution < 1.29 is 9.90 Å². The Balaban J connectivity index is 1.89. The van der Waals surface area contributed by atoms with E-state index < -0.39 is 6.10 Å². The Bertz CT molecular complexity index is 468. The van der Waals surface area contributed by atoms with Gasteiger partial charge in [0.2, 0.25) is 0 Å². The third-order valence-electron chi connectivity index (χ3n) is 2.39. The number of carbonyl (C=O) groups is 1. The molecule has 2 aromatic rings. The number of hydrogen-bond donors (Lipinski definition) is 3. The lowest BCUT2D eigenvalue weighted by molar-refractivity contribution is 0.0911. The molecular formula is C12H13N3O2. The van der Waals surface area contributed by atoms with Crippen LogP contribution in [0.1, 0.15) is 22.2 Å².